The Labute approximate surface area is 137 Å². The van der Waals surface area contributed by atoms with E-state index in [1.807, 2.05) is 0 Å². The topological polar surface area (TPSA) is 63.1 Å². The number of rotatable bonds is 2. The van der Waals surface area contributed by atoms with E-state index in [-0.39, 0.29) is 6.04 Å². The van der Waals surface area contributed by atoms with Crippen LogP contribution in [0.4, 0.5) is 0 Å². The lowest BCUT2D eigenvalue weighted by Crippen LogP contribution is -2.47. The molecule has 3 aliphatic rings. The van der Waals surface area contributed by atoms with Gasteiger partial charge in [-0.2, -0.15) is 0 Å². The fourth-order valence-corrected chi connectivity index (χ4v) is 4.31. The van der Waals surface area contributed by atoms with Crippen molar-refractivity contribution in [1.29, 1.82) is 0 Å². The molecule has 23 heavy (non-hydrogen) atoms. The molecule has 126 valence electrons. The third-order valence-corrected chi connectivity index (χ3v) is 5.59. The van der Waals surface area contributed by atoms with Crippen molar-refractivity contribution in [3.63, 3.8) is 0 Å². The molecule has 1 N–H and O–H groups in total. The van der Waals surface area contributed by atoms with E-state index in [2.05, 4.69) is 25.0 Å². The number of hydrogen-bond acceptors (Lipinski definition) is 4. The predicted octanol–water partition coefficient (Wildman–Crippen LogP) is 1.46. The van der Waals surface area contributed by atoms with E-state index in [1.165, 1.54) is 19.3 Å². The summed E-state index contributed by atoms with van der Waals surface area (Å²) < 4.78 is 2.35. The minimum Gasteiger partial charge on any atom is -0.341 e. The molecule has 0 saturated carbocycles. The SMILES string of the molecule is O=C(C1CCCN1)N1CCCC(c2nnc3n2CCCCC3)C1. The molecule has 0 aromatic carbocycles. The van der Waals surface area contributed by atoms with Gasteiger partial charge in [-0.15, -0.1) is 10.2 Å². The maximum atomic E-state index is 12.7. The van der Waals surface area contributed by atoms with Crippen molar-refractivity contribution < 1.29 is 4.79 Å². The Kier molecular flexibility index (Phi) is 4.33. The lowest BCUT2D eigenvalue weighted by molar-refractivity contribution is -0.134. The number of hydrogen-bond donors (Lipinski definition) is 1. The fourth-order valence-electron chi connectivity index (χ4n) is 4.31. The molecular weight excluding hydrogens is 290 g/mol. The van der Waals surface area contributed by atoms with Gasteiger partial charge in [0.15, 0.2) is 0 Å². The lowest BCUT2D eigenvalue weighted by atomic mass is 9.96. The highest BCUT2D eigenvalue weighted by atomic mass is 16.2. The van der Waals surface area contributed by atoms with Gasteiger partial charge in [-0.25, -0.2) is 0 Å². The molecule has 6 nitrogen and oxygen atoms in total. The summed E-state index contributed by atoms with van der Waals surface area (Å²) in [6.45, 7) is 3.74. The summed E-state index contributed by atoms with van der Waals surface area (Å²) >= 11 is 0. The van der Waals surface area contributed by atoms with Crippen molar-refractivity contribution in [2.75, 3.05) is 19.6 Å². The monoisotopic (exact) mass is 317 g/mol. The number of likely N-dealkylation sites (tertiary alicyclic amines) is 1. The van der Waals surface area contributed by atoms with Gasteiger partial charge >= 0.3 is 0 Å². The highest BCUT2D eigenvalue weighted by Gasteiger charge is 2.33. The second-order valence-corrected chi connectivity index (χ2v) is 7.21. The number of carbonyl (C=O) groups excluding carboxylic acids is 1. The number of aromatic nitrogens is 3. The van der Waals surface area contributed by atoms with Crippen LogP contribution in [0.3, 0.4) is 0 Å². The number of nitrogens with zero attached hydrogens (tertiary/aromatic N) is 4. The van der Waals surface area contributed by atoms with Crippen LogP contribution in [0.5, 0.6) is 0 Å². The number of piperidine rings is 1. The maximum absolute atomic E-state index is 12.7. The molecule has 4 heterocycles. The molecule has 2 fully saturated rings. The van der Waals surface area contributed by atoms with Gasteiger partial charge < -0.3 is 14.8 Å². The van der Waals surface area contributed by atoms with E-state index >= 15 is 0 Å². The standard InChI is InChI=1S/C17H27N5O/c23-17(14-7-4-9-18-14)21-10-5-6-13(12-21)16-20-19-15-8-2-1-3-11-22(15)16/h13-14,18H,1-12H2. The van der Waals surface area contributed by atoms with Gasteiger partial charge in [0.2, 0.25) is 5.91 Å². The zero-order valence-electron chi connectivity index (χ0n) is 13.8. The van der Waals surface area contributed by atoms with Crippen LogP contribution >= 0.6 is 0 Å². The highest BCUT2D eigenvalue weighted by Crippen LogP contribution is 2.28. The van der Waals surface area contributed by atoms with Crippen LogP contribution in [0.2, 0.25) is 0 Å². The molecule has 0 bridgehead atoms. The Morgan fingerprint density at radius 1 is 1.04 bits per heavy atom. The van der Waals surface area contributed by atoms with Crippen molar-refractivity contribution >= 4 is 5.91 Å². The van der Waals surface area contributed by atoms with Crippen LogP contribution in [0.15, 0.2) is 0 Å². The molecule has 1 aromatic rings. The highest BCUT2D eigenvalue weighted by molar-refractivity contribution is 5.82. The van der Waals surface area contributed by atoms with Gasteiger partial charge in [-0.1, -0.05) is 6.42 Å². The van der Waals surface area contributed by atoms with Gasteiger partial charge in [0.05, 0.1) is 6.04 Å². The van der Waals surface area contributed by atoms with Gasteiger partial charge in [-0.3, -0.25) is 4.79 Å². The summed E-state index contributed by atoms with van der Waals surface area (Å²) in [6.07, 6.45) is 9.08. The summed E-state index contributed by atoms with van der Waals surface area (Å²) in [5.41, 5.74) is 0. The average Bonchev–Trinajstić information content (AvgIpc) is 3.20. The average molecular weight is 317 g/mol. The van der Waals surface area contributed by atoms with Crippen molar-refractivity contribution in [2.45, 2.75) is 69.9 Å². The lowest BCUT2D eigenvalue weighted by Gasteiger charge is -2.34. The van der Waals surface area contributed by atoms with Crippen molar-refractivity contribution in [3.05, 3.63) is 11.6 Å². The molecule has 0 spiro atoms. The van der Waals surface area contributed by atoms with E-state index in [4.69, 9.17) is 0 Å². The maximum Gasteiger partial charge on any atom is 0.239 e. The van der Waals surface area contributed by atoms with Gasteiger partial charge in [0, 0.05) is 32.0 Å². The number of fused-ring (bicyclic) bond motifs is 1. The van der Waals surface area contributed by atoms with Crippen molar-refractivity contribution in [2.24, 2.45) is 0 Å². The van der Waals surface area contributed by atoms with Crippen LogP contribution in [0.25, 0.3) is 0 Å². The smallest absolute Gasteiger partial charge is 0.239 e. The van der Waals surface area contributed by atoms with Crippen LogP contribution < -0.4 is 5.32 Å². The molecule has 3 aliphatic heterocycles. The predicted molar refractivity (Wildman–Crippen MR) is 87.2 cm³/mol. The van der Waals surface area contributed by atoms with Gasteiger partial charge in [-0.05, 0) is 45.1 Å². The normalized spacial score (nSPS) is 28.4. The van der Waals surface area contributed by atoms with E-state index in [0.29, 0.717) is 11.8 Å². The second kappa shape index (κ2) is 6.59. The third-order valence-electron chi connectivity index (χ3n) is 5.59. The first kappa shape index (κ1) is 15.1. The van der Waals surface area contributed by atoms with Crippen LogP contribution in [0, 0.1) is 0 Å². The Morgan fingerprint density at radius 2 is 2.00 bits per heavy atom. The van der Waals surface area contributed by atoms with E-state index in [0.717, 1.165) is 69.9 Å². The first-order valence-electron chi connectivity index (χ1n) is 9.27. The second-order valence-electron chi connectivity index (χ2n) is 7.21. The number of amides is 1. The van der Waals surface area contributed by atoms with Gasteiger partial charge in [0.25, 0.3) is 0 Å². The molecule has 4 rings (SSSR count). The number of carbonyl (C=O) groups is 1. The molecule has 6 heteroatoms. The summed E-state index contributed by atoms with van der Waals surface area (Å²) in [4.78, 5) is 14.7. The summed E-state index contributed by atoms with van der Waals surface area (Å²) in [7, 11) is 0. The largest absolute Gasteiger partial charge is 0.341 e. The number of nitrogens with one attached hydrogen (secondary N) is 1. The Morgan fingerprint density at radius 3 is 2.87 bits per heavy atom. The Bertz CT molecular complexity index is 563. The van der Waals surface area contributed by atoms with Gasteiger partial charge in [0.1, 0.15) is 11.6 Å². The quantitative estimate of drug-likeness (QED) is 0.897. The fraction of sp³-hybridized carbons (Fsp3) is 0.824. The molecule has 1 amide bonds. The minimum absolute atomic E-state index is 0.0456. The summed E-state index contributed by atoms with van der Waals surface area (Å²) in [5.74, 6) is 2.92. The van der Waals surface area contributed by atoms with Crippen molar-refractivity contribution in [1.82, 2.24) is 25.0 Å². The minimum atomic E-state index is 0.0456. The van der Waals surface area contributed by atoms with Crippen molar-refractivity contribution in [3.8, 4) is 0 Å². The van der Waals surface area contributed by atoms with Crippen LogP contribution in [-0.4, -0.2) is 51.2 Å². The van der Waals surface area contributed by atoms with E-state index < -0.39 is 0 Å². The molecular formula is C17H27N5O. The Hall–Kier alpha value is -1.43. The zero-order chi connectivity index (χ0) is 15.6. The molecule has 2 unspecified atom stereocenters. The third kappa shape index (κ3) is 3.01. The zero-order valence-corrected chi connectivity index (χ0v) is 13.8. The molecule has 0 aliphatic carbocycles. The van der Waals surface area contributed by atoms with Crippen LogP contribution in [0.1, 0.15) is 62.5 Å². The molecule has 2 saturated heterocycles. The first-order valence-corrected chi connectivity index (χ1v) is 9.27. The summed E-state index contributed by atoms with van der Waals surface area (Å²) in [6, 6.07) is 0.0456. The summed E-state index contributed by atoms with van der Waals surface area (Å²) in [5, 5.41) is 12.3. The number of aryl methyl sites for hydroxylation is 1. The van der Waals surface area contributed by atoms with Crippen LogP contribution in [-0.2, 0) is 17.8 Å². The molecule has 1 aromatic heterocycles. The Balaban J connectivity index is 1.49. The van der Waals surface area contributed by atoms with E-state index in [1.54, 1.807) is 0 Å². The molecule has 2 atom stereocenters. The molecule has 0 radical (unpaired) electrons. The van der Waals surface area contributed by atoms with E-state index in [9.17, 15) is 4.79 Å². The first-order chi connectivity index (χ1) is 11.3.